The topological polar surface area (TPSA) is 65.5 Å². The van der Waals surface area contributed by atoms with Crippen LogP contribution < -0.4 is 9.64 Å². The Balaban J connectivity index is 1.08. The first-order chi connectivity index (χ1) is 19.5. The number of ether oxygens (including phenoxy) is 1. The first-order valence-electron chi connectivity index (χ1n) is 13.6. The van der Waals surface area contributed by atoms with E-state index in [1.165, 1.54) is 24.3 Å². The fourth-order valence-corrected chi connectivity index (χ4v) is 5.96. The maximum Gasteiger partial charge on any atom is 0.265 e. The highest BCUT2D eigenvalue weighted by atomic mass is 19.1. The lowest BCUT2D eigenvalue weighted by Gasteiger charge is -2.40. The predicted octanol–water partition coefficient (Wildman–Crippen LogP) is 4.36. The first kappa shape index (κ1) is 26.1. The van der Waals surface area contributed by atoms with Gasteiger partial charge >= 0.3 is 0 Å². The summed E-state index contributed by atoms with van der Waals surface area (Å²) in [7, 11) is 0. The normalized spacial score (nSPS) is 19.1. The number of anilines is 1. The van der Waals surface area contributed by atoms with Crippen LogP contribution in [0.25, 0.3) is 0 Å². The van der Waals surface area contributed by atoms with Crippen LogP contribution in [0.15, 0.2) is 77.8 Å². The third-order valence-corrected chi connectivity index (χ3v) is 8.03. The summed E-state index contributed by atoms with van der Waals surface area (Å²) in [6, 6.07) is 19.2. The van der Waals surface area contributed by atoms with Gasteiger partial charge < -0.3 is 19.4 Å². The number of amides is 2. The van der Waals surface area contributed by atoms with Gasteiger partial charge in [-0.1, -0.05) is 36.4 Å². The zero-order valence-electron chi connectivity index (χ0n) is 22.0. The molecule has 1 fully saturated rings. The highest BCUT2D eigenvalue weighted by molar-refractivity contribution is 6.03. The fourth-order valence-electron chi connectivity index (χ4n) is 5.96. The third kappa shape index (κ3) is 4.75. The van der Waals surface area contributed by atoms with Crippen LogP contribution in [-0.4, -0.2) is 66.8 Å². The van der Waals surface area contributed by atoms with Crippen LogP contribution in [0.3, 0.4) is 0 Å². The molecule has 7 nitrogen and oxygen atoms in total. The molecule has 9 heteroatoms. The van der Waals surface area contributed by atoms with Crippen molar-refractivity contribution in [1.82, 2.24) is 9.80 Å². The lowest BCUT2D eigenvalue weighted by molar-refractivity contribution is -0.130. The van der Waals surface area contributed by atoms with E-state index in [-0.39, 0.29) is 24.5 Å². The number of hydrogen-bond donors (Lipinski definition) is 0. The van der Waals surface area contributed by atoms with Crippen molar-refractivity contribution in [2.75, 3.05) is 37.7 Å². The largest absolute Gasteiger partial charge is 0.482 e. The monoisotopic (exact) mass is 544 g/mol. The van der Waals surface area contributed by atoms with E-state index < -0.39 is 17.2 Å². The summed E-state index contributed by atoms with van der Waals surface area (Å²) in [5.41, 5.74) is 0.534. The molecule has 3 aliphatic rings. The number of rotatable bonds is 7. The SMILES string of the molecule is O=C1COc2ccccc2N1C1CCN(CCCN2C=NC(c3ccc(F)cc3)(c3ccc(F)cc3)C2=O)CC1. The van der Waals surface area contributed by atoms with E-state index in [2.05, 4.69) is 9.89 Å². The van der Waals surface area contributed by atoms with E-state index in [0.717, 1.165) is 50.3 Å². The Morgan fingerprint density at radius 3 is 2.12 bits per heavy atom. The lowest BCUT2D eigenvalue weighted by Crippen LogP contribution is -2.51. The number of benzene rings is 3. The maximum atomic E-state index is 13.8. The molecule has 3 heterocycles. The van der Waals surface area contributed by atoms with Gasteiger partial charge in [-0.15, -0.1) is 0 Å². The number of carbonyl (C=O) groups excluding carboxylic acids is 2. The fraction of sp³-hybridized carbons (Fsp3) is 0.323. The molecule has 40 heavy (non-hydrogen) atoms. The number of halogens is 2. The lowest BCUT2D eigenvalue weighted by atomic mass is 9.82. The molecule has 1 saturated heterocycles. The zero-order valence-corrected chi connectivity index (χ0v) is 22.0. The van der Waals surface area contributed by atoms with Gasteiger partial charge in [-0.25, -0.2) is 13.8 Å². The Bertz CT molecular complexity index is 1370. The summed E-state index contributed by atoms with van der Waals surface area (Å²) in [6.45, 7) is 3.06. The molecular weight excluding hydrogens is 514 g/mol. The highest BCUT2D eigenvalue weighted by Gasteiger charge is 2.47. The number of nitrogens with zero attached hydrogens (tertiary/aromatic N) is 4. The van der Waals surface area contributed by atoms with Crippen molar-refractivity contribution in [3.8, 4) is 5.75 Å². The van der Waals surface area contributed by atoms with Crippen LogP contribution in [0.5, 0.6) is 5.75 Å². The Hall–Kier alpha value is -4.11. The van der Waals surface area contributed by atoms with Crippen molar-refractivity contribution < 1.29 is 23.1 Å². The van der Waals surface area contributed by atoms with E-state index in [9.17, 15) is 18.4 Å². The Morgan fingerprint density at radius 1 is 0.850 bits per heavy atom. The smallest absolute Gasteiger partial charge is 0.265 e. The van der Waals surface area contributed by atoms with Gasteiger partial charge in [0.05, 0.1) is 12.0 Å². The number of para-hydroxylation sites is 2. The second kappa shape index (κ2) is 10.8. The summed E-state index contributed by atoms with van der Waals surface area (Å²) in [5.74, 6) is -0.312. The minimum atomic E-state index is -1.37. The summed E-state index contributed by atoms with van der Waals surface area (Å²) < 4.78 is 32.9. The molecule has 3 aliphatic heterocycles. The molecule has 0 bridgehead atoms. The van der Waals surface area contributed by atoms with Crippen LogP contribution in [-0.2, 0) is 15.1 Å². The van der Waals surface area contributed by atoms with E-state index in [1.807, 2.05) is 29.2 Å². The van der Waals surface area contributed by atoms with Gasteiger partial charge in [0, 0.05) is 25.7 Å². The molecule has 0 spiro atoms. The van der Waals surface area contributed by atoms with E-state index in [4.69, 9.17) is 4.74 Å². The van der Waals surface area contributed by atoms with Crippen LogP contribution in [0, 0.1) is 11.6 Å². The van der Waals surface area contributed by atoms with Gasteiger partial charge in [0.2, 0.25) is 0 Å². The summed E-state index contributed by atoms with van der Waals surface area (Å²) in [6.07, 6.45) is 4.01. The number of hydrogen-bond acceptors (Lipinski definition) is 5. The summed E-state index contributed by atoms with van der Waals surface area (Å²) >= 11 is 0. The van der Waals surface area contributed by atoms with Crippen molar-refractivity contribution in [2.45, 2.75) is 30.8 Å². The summed E-state index contributed by atoms with van der Waals surface area (Å²) in [5, 5.41) is 0. The molecule has 0 aromatic heterocycles. The molecule has 3 aromatic rings. The highest BCUT2D eigenvalue weighted by Crippen LogP contribution is 2.39. The molecule has 0 atom stereocenters. The molecule has 0 radical (unpaired) electrons. The summed E-state index contributed by atoms with van der Waals surface area (Å²) in [4.78, 5) is 37.0. The quantitative estimate of drug-likeness (QED) is 0.444. The number of fused-ring (bicyclic) bond motifs is 1. The van der Waals surface area contributed by atoms with Gasteiger partial charge in [0.15, 0.2) is 12.1 Å². The number of carbonyl (C=O) groups is 2. The second-order valence-corrected chi connectivity index (χ2v) is 10.4. The molecule has 3 aromatic carbocycles. The molecule has 0 unspecified atom stereocenters. The standard InChI is InChI=1S/C31H30F2N4O3/c32-24-10-6-22(7-11-24)31(23-8-12-25(33)13-9-23)30(39)36(21-34-31)17-3-16-35-18-14-26(15-19-35)37-27-4-1-2-5-28(27)40-20-29(37)38/h1-2,4-13,21,26H,3,14-20H2. The van der Waals surface area contributed by atoms with Gasteiger partial charge in [0.25, 0.3) is 11.8 Å². The second-order valence-electron chi connectivity index (χ2n) is 10.4. The minimum Gasteiger partial charge on any atom is -0.482 e. The number of likely N-dealkylation sites (tertiary alicyclic amines) is 1. The van der Waals surface area contributed by atoms with Crippen LogP contribution in [0.2, 0.25) is 0 Å². The maximum absolute atomic E-state index is 13.8. The van der Waals surface area contributed by atoms with Gasteiger partial charge in [-0.2, -0.15) is 0 Å². The predicted molar refractivity (Wildman–Crippen MR) is 147 cm³/mol. The van der Waals surface area contributed by atoms with Crippen molar-refractivity contribution in [3.63, 3.8) is 0 Å². The number of piperidine rings is 1. The molecule has 0 aliphatic carbocycles. The van der Waals surface area contributed by atoms with E-state index in [1.54, 1.807) is 35.5 Å². The van der Waals surface area contributed by atoms with Crippen LogP contribution in [0.4, 0.5) is 14.5 Å². The van der Waals surface area contributed by atoms with Crippen molar-refractivity contribution in [1.29, 1.82) is 0 Å². The average molecular weight is 545 g/mol. The third-order valence-electron chi connectivity index (χ3n) is 8.03. The van der Waals surface area contributed by atoms with Crippen molar-refractivity contribution in [2.24, 2.45) is 4.99 Å². The molecular formula is C31H30F2N4O3. The Kier molecular flexibility index (Phi) is 7.06. The first-order valence-corrected chi connectivity index (χ1v) is 13.6. The van der Waals surface area contributed by atoms with E-state index >= 15 is 0 Å². The zero-order chi connectivity index (χ0) is 27.7. The van der Waals surface area contributed by atoms with E-state index in [0.29, 0.717) is 17.7 Å². The number of aliphatic imine (C=N–C) groups is 1. The van der Waals surface area contributed by atoms with Gasteiger partial charge in [-0.3, -0.25) is 9.59 Å². The van der Waals surface area contributed by atoms with Gasteiger partial charge in [0.1, 0.15) is 17.4 Å². The molecule has 2 amide bonds. The van der Waals surface area contributed by atoms with Crippen molar-refractivity contribution in [3.05, 3.63) is 95.6 Å². The van der Waals surface area contributed by atoms with Crippen molar-refractivity contribution >= 4 is 23.8 Å². The molecule has 206 valence electrons. The average Bonchev–Trinajstić information content (AvgIpc) is 3.31. The Morgan fingerprint density at radius 2 is 1.48 bits per heavy atom. The Labute approximate surface area is 231 Å². The molecule has 6 rings (SSSR count). The molecule has 0 N–H and O–H groups in total. The van der Waals surface area contributed by atoms with Crippen LogP contribution in [0.1, 0.15) is 30.4 Å². The minimum absolute atomic E-state index is 0.00484. The molecule has 0 saturated carbocycles. The van der Waals surface area contributed by atoms with Gasteiger partial charge in [-0.05, 0) is 73.3 Å². The van der Waals surface area contributed by atoms with Crippen LogP contribution >= 0.6 is 0 Å².